The van der Waals surface area contributed by atoms with Crippen molar-refractivity contribution in [1.82, 2.24) is 0 Å². The molecule has 0 unspecified atom stereocenters. The van der Waals surface area contributed by atoms with Gasteiger partial charge in [-0.3, -0.25) is 0 Å². The molecule has 0 saturated carbocycles. The van der Waals surface area contributed by atoms with Crippen LogP contribution in [-0.2, 0) is 0 Å². The van der Waals surface area contributed by atoms with Gasteiger partial charge in [0.25, 0.3) is 0 Å². The number of hydrogen-bond acceptors (Lipinski definition) is 3. The molecule has 2 rings (SSSR count). The van der Waals surface area contributed by atoms with Crippen LogP contribution in [-0.4, -0.2) is 5.97 Å². The van der Waals surface area contributed by atoms with E-state index in [1.165, 1.54) is 6.26 Å². The van der Waals surface area contributed by atoms with Gasteiger partial charge in [0.2, 0.25) is 0 Å². The molecule has 2 aromatic rings. The maximum Gasteiger partial charge on any atom is 0.347 e. The summed E-state index contributed by atoms with van der Waals surface area (Å²) in [4.78, 5) is 12.0. The van der Waals surface area contributed by atoms with Gasteiger partial charge < -0.3 is 9.15 Å². The van der Waals surface area contributed by atoms with E-state index in [1.54, 1.807) is 13.0 Å². The fourth-order valence-electron chi connectivity index (χ4n) is 1.86. The molecule has 0 amide bonds. The van der Waals surface area contributed by atoms with Gasteiger partial charge in [0.05, 0.1) is 6.26 Å². The zero-order valence-corrected chi connectivity index (χ0v) is 11.0. The van der Waals surface area contributed by atoms with E-state index in [4.69, 9.17) is 9.15 Å². The van der Waals surface area contributed by atoms with Crippen LogP contribution in [0.5, 0.6) is 5.75 Å². The second kappa shape index (κ2) is 4.69. The SMILES string of the molecule is Cc1cc(C)c(C)c(OC(=O)c2ccoc2C)c1. The molecular formula is C15H16O3. The first-order valence-corrected chi connectivity index (χ1v) is 5.83. The summed E-state index contributed by atoms with van der Waals surface area (Å²) in [6, 6.07) is 5.56. The molecule has 1 aromatic heterocycles. The standard InChI is InChI=1S/C15H16O3/c1-9-7-10(2)11(3)14(8-9)18-15(16)13-5-6-17-12(13)4/h5-8H,1-4H3. The van der Waals surface area contributed by atoms with Gasteiger partial charge >= 0.3 is 5.97 Å². The minimum atomic E-state index is -0.380. The van der Waals surface area contributed by atoms with Crippen molar-refractivity contribution in [2.75, 3.05) is 0 Å². The number of carbonyl (C=O) groups is 1. The summed E-state index contributed by atoms with van der Waals surface area (Å²) in [5.74, 6) is 0.800. The number of hydrogen-bond donors (Lipinski definition) is 0. The van der Waals surface area contributed by atoms with Gasteiger partial charge in [-0.2, -0.15) is 0 Å². The van der Waals surface area contributed by atoms with E-state index in [0.29, 0.717) is 17.1 Å². The van der Waals surface area contributed by atoms with Crippen molar-refractivity contribution in [2.24, 2.45) is 0 Å². The monoisotopic (exact) mass is 244 g/mol. The molecule has 18 heavy (non-hydrogen) atoms. The first kappa shape index (κ1) is 12.4. The molecule has 1 aromatic carbocycles. The fourth-order valence-corrected chi connectivity index (χ4v) is 1.86. The third-order valence-electron chi connectivity index (χ3n) is 3.05. The Morgan fingerprint density at radius 1 is 1.17 bits per heavy atom. The Morgan fingerprint density at radius 3 is 2.50 bits per heavy atom. The fraction of sp³-hybridized carbons (Fsp3) is 0.267. The number of benzene rings is 1. The number of esters is 1. The smallest absolute Gasteiger partial charge is 0.347 e. The van der Waals surface area contributed by atoms with E-state index >= 15 is 0 Å². The highest BCUT2D eigenvalue weighted by Crippen LogP contribution is 2.24. The first-order chi connectivity index (χ1) is 8.49. The molecule has 3 nitrogen and oxygen atoms in total. The molecule has 0 atom stereocenters. The Bertz CT molecular complexity index is 594. The third kappa shape index (κ3) is 2.30. The topological polar surface area (TPSA) is 39.4 Å². The van der Waals surface area contributed by atoms with Gasteiger partial charge in [0, 0.05) is 0 Å². The van der Waals surface area contributed by atoms with E-state index in [9.17, 15) is 4.79 Å². The summed E-state index contributed by atoms with van der Waals surface area (Å²) in [7, 11) is 0. The van der Waals surface area contributed by atoms with Gasteiger partial charge in [-0.15, -0.1) is 0 Å². The Labute approximate surface area is 106 Å². The molecule has 0 aliphatic rings. The molecule has 0 N–H and O–H groups in total. The van der Waals surface area contributed by atoms with Crippen LogP contribution in [0, 0.1) is 27.7 Å². The summed E-state index contributed by atoms with van der Waals surface area (Å²) in [5, 5.41) is 0. The predicted octanol–water partition coefficient (Wildman–Crippen LogP) is 3.73. The van der Waals surface area contributed by atoms with Crippen molar-refractivity contribution in [3.8, 4) is 5.75 Å². The van der Waals surface area contributed by atoms with Crippen LogP contribution in [0.25, 0.3) is 0 Å². The van der Waals surface area contributed by atoms with Crippen LogP contribution in [0.4, 0.5) is 0 Å². The Hall–Kier alpha value is -2.03. The van der Waals surface area contributed by atoms with Gasteiger partial charge in [0.15, 0.2) is 0 Å². The number of rotatable bonds is 2. The highest BCUT2D eigenvalue weighted by atomic mass is 16.5. The summed E-state index contributed by atoms with van der Waals surface area (Å²) < 4.78 is 10.5. The molecule has 0 saturated heterocycles. The minimum Gasteiger partial charge on any atom is -0.469 e. The minimum absolute atomic E-state index is 0.380. The van der Waals surface area contributed by atoms with Crippen molar-refractivity contribution < 1.29 is 13.9 Å². The Morgan fingerprint density at radius 2 is 1.89 bits per heavy atom. The average molecular weight is 244 g/mol. The van der Waals surface area contributed by atoms with Gasteiger partial charge in [-0.05, 0) is 56.5 Å². The zero-order valence-electron chi connectivity index (χ0n) is 11.0. The third-order valence-corrected chi connectivity index (χ3v) is 3.05. The first-order valence-electron chi connectivity index (χ1n) is 5.83. The summed E-state index contributed by atoms with van der Waals surface area (Å²) in [6.07, 6.45) is 1.49. The number of furan rings is 1. The molecule has 0 aliphatic heterocycles. The van der Waals surface area contributed by atoms with Crippen molar-refractivity contribution in [3.05, 3.63) is 52.5 Å². The molecule has 0 radical (unpaired) electrons. The summed E-state index contributed by atoms with van der Waals surface area (Å²) >= 11 is 0. The second-order valence-electron chi connectivity index (χ2n) is 4.48. The lowest BCUT2D eigenvalue weighted by Gasteiger charge is -2.10. The molecular weight excluding hydrogens is 228 g/mol. The maximum atomic E-state index is 12.0. The highest BCUT2D eigenvalue weighted by molar-refractivity contribution is 5.92. The summed E-state index contributed by atoms with van der Waals surface area (Å²) in [5.41, 5.74) is 3.63. The van der Waals surface area contributed by atoms with E-state index in [0.717, 1.165) is 16.7 Å². The zero-order chi connectivity index (χ0) is 13.3. The lowest BCUT2D eigenvalue weighted by Crippen LogP contribution is -2.10. The van der Waals surface area contributed by atoms with Crippen molar-refractivity contribution >= 4 is 5.97 Å². The molecule has 0 bridgehead atoms. The summed E-state index contributed by atoms with van der Waals surface area (Å²) in [6.45, 7) is 7.67. The Balaban J connectivity index is 2.30. The second-order valence-corrected chi connectivity index (χ2v) is 4.48. The van der Waals surface area contributed by atoms with Crippen LogP contribution < -0.4 is 4.74 Å². The largest absolute Gasteiger partial charge is 0.469 e. The lowest BCUT2D eigenvalue weighted by molar-refractivity contribution is 0.0731. The van der Waals surface area contributed by atoms with Crippen LogP contribution in [0.2, 0.25) is 0 Å². The number of carbonyl (C=O) groups excluding carboxylic acids is 1. The predicted molar refractivity (Wildman–Crippen MR) is 69.1 cm³/mol. The van der Waals surface area contributed by atoms with Crippen molar-refractivity contribution in [1.29, 1.82) is 0 Å². The molecule has 0 fully saturated rings. The van der Waals surface area contributed by atoms with Crippen molar-refractivity contribution in [3.63, 3.8) is 0 Å². The molecule has 0 aliphatic carbocycles. The average Bonchev–Trinajstić information content (AvgIpc) is 2.71. The van der Waals surface area contributed by atoms with E-state index in [2.05, 4.69) is 6.07 Å². The highest BCUT2D eigenvalue weighted by Gasteiger charge is 2.15. The number of ether oxygens (including phenoxy) is 1. The van der Waals surface area contributed by atoms with Crippen LogP contribution in [0.3, 0.4) is 0 Å². The molecule has 3 heteroatoms. The van der Waals surface area contributed by atoms with Crippen LogP contribution in [0.1, 0.15) is 32.8 Å². The Kier molecular flexibility index (Phi) is 3.24. The van der Waals surface area contributed by atoms with Crippen molar-refractivity contribution in [2.45, 2.75) is 27.7 Å². The lowest BCUT2D eigenvalue weighted by atomic mass is 10.1. The molecule has 1 heterocycles. The van der Waals surface area contributed by atoms with E-state index < -0.39 is 0 Å². The number of aryl methyl sites for hydroxylation is 3. The molecule has 94 valence electrons. The van der Waals surface area contributed by atoms with Crippen LogP contribution >= 0.6 is 0 Å². The van der Waals surface area contributed by atoms with E-state index in [1.807, 2.05) is 26.8 Å². The molecule has 0 spiro atoms. The van der Waals surface area contributed by atoms with Gasteiger partial charge in [-0.25, -0.2) is 4.79 Å². The van der Waals surface area contributed by atoms with Gasteiger partial charge in [-0.1, -0.05) is 6.07 Å². The normalized spacial score (nSPS) is 10.4. The quantitative estimate of drug-likeness (QED) is 0.597. The maximum absolute atomic E-state index is 12.0. The van der Waals surface area contributed by atoms with E-state index in [-0.39, 0.29) is 5.97 Å². The van der Waals surface area contributed by atoms with Gasteiger partial charge in [0.1, 0.15) is 17.1 Å². The van der Waals surface area contributed by atoms with Crippen LogP contribution in [0.15, 0.2) is 28.9 Å².